The normalized spacial score (nSPS) is 10.5. The third-order valence-electron chi connectivity index (χ3n) is 1.65. The minimum Gasteiger partial charge on any atom is -0.302 e. The minimum atomic E-state index is 0.613. The highest BCUT2D eigenvalue weighted by Crippen LogP contribution is 2.23. The number of hydrogen-bond acceptors (Lipinski definition) is 3. The predicted molar refractivity (Wildman–Crippen MR) is 55.8 cm³/mol. The van der Waals surface area contributed by atoms with Crippen molar-refractivity contribution in [1.29, 1.82) is 0 Å². The van der Waals surface area contributed by atoms with Crippen LogP contribution < -0.4 is 0 Å². The summed E-state index contributed by atoms with van der Waals surface area (Å²) in [5, 5.41) is 8.47. The van der Waals surface area contributed by atoms with Crippen LogP contribution >= 0.6 is 35.2 Å². The average Bonchev–Trinajstić information content (AvgIpc) is 2.65. The van der Waals surface area contributed by atoms with E-state index < -0.39 is 0 Å². The summed E-state index contributed by atoms with van der Waals surface area (Å²) >= 11 is 12.5. The molecule has 0 amide bonds. The van der Waals surface area contributed by atoms with Gasteiger partial charge in [-0.25, -0.2) is 0 Å². The van der Waals surface area contributed by atoms with E-state index in [4.69, 9.17) is 23.8 Å². The number of thiophene rings is 1. The first-order valence-corrected chi connectivity index (χ1v) is 5.25. The van der Waals surface area contributed by atoms with Crippen LogP contribution in [0.2, 0.25) is 4.34 Å². The lowest BCUT2D eigenvalue weighted by molar-refractivity contribution is 0.785. The van der Waals surface area contributed by atoms with Crippen LogP contribution in [0, 0.1) is 4.77 Å². The largest absolute Gasteiger partial charge is 0.302 e. The van der Waals surface area contributed by atoms with E-state index in [-0.39, 0.29) is 0 Å². The molecule has 6 heteroatoms. The van der Waals surface area contributed by atoms with Gasteiger partial charge in [-0.05, 0) is 23.7 Å². The molecule has 0 unspecified atom stereocenters. The van der Waals surface area contributed by atoms with Crippen LogP contribution in [0.1, 0.15) is 5.56 Å². The lowest BCUT2D eigenvalue weighted by Crippen LogP contribution is -1.96. The van der Waals surface area contributed by atoms with Crippen molar-refractivity contribution in [2.45, 2.75) is 6.54 Å². The van der Waals surface area contributed by atoms with E-state index in [1.165, 1.54) is 11.3 Å². The smallest absolute Gasteiger partial charge is 0.195 e. The topological polar surface area (TPSA) is 33.6 Å². The molecule has 3 nitrogen and oxygen atoms in total. The number of halogens is 1. The predicted octanol–water partition coefficient (Wildman–Crippen LogP) is 2.70. The molecule has 0 saturated carbocycles. The van der Waals surface area contributed by atoms with E-state index in [0.29, 0.717) is 11.3 Å². The quantitative estimate of drug-likeness (QED) is 0.807. The van der Waals surface area contributed by atoms with Crippen molar-refractivity contribution < 1.29 is 0 Å². The fraction of sp³-hybridized carbons (Fsp3) is 0.143. The molecule has 2 heterocycles. The second-order valence-electron chi connectivity index (χ2n) is 2.51. The number of aromatic nitrogens is 3. The molecule has 0 aliphatic carbocycles. The number of rotatable bonds is 2. The maximum atomic E-state index is 5.95. The lowest BCUT2D eigenvalue weighted by atomic mass is 10.3. The van der Waals surface area contributed by atoms with Crippen LogP contribution in [-0.4, -0.2) is 14.8 Å². The SMILES string of the molecule is S=c1[nH]ncn1Cc1ccsc1Cl. The van der Waals surface area contributed by atoms with Gasteiger partial charge in [0.2, 0.25) is 0 Å². The number of aromatic amines is 1. The Morgan fingerprint density at radius 2 is 2.54 bits per heavy atom. The van der Waals surface area contributed by atoms with Gasteiger partial charge in [0.15, 0.2) is 4.77 Å². The Bertz CT molecular complexity index is 456. The van der Waals surface area contributed by atoms with Crippen molar-refractivity contribution in [1.82, 2.24) is 14.8 Å². The van der Waals surface area contributed by atoms with Crippen LogP contribution in [0.5, 0.6) is 0 Å². The summed E-state index contributed by atoms with van der Waals surface area (Å²) in [5.41, 5.74) is 1.07. The zero-order chi connectivity index (χ0) is 9.26. The molecule has 0 spiro atoms. The first-order chi connectivity index (χ1) is 6.27. The van der Waals surface area contributed by atoms with Gasteiger partial charge in [-0.15, -0.1) is 11.3 Å². The molecule has 0 bridgehead atoms. The van der Waals surface area contributed by atoms with Gasteiger partial charge in [0, 0.05) is 5.56 Å². The second-order valence-corrected chi connectivity index (χ2v) is 4.41. The van der Waals surface area contributed by atoms with Gasteiger partial charge in [0.25, 0.3) is 0 Å². The molecule has 2 rings (SSSR count). The molecule has 2 aromatic rings. The zero-order valence-electron chi connectivity index (χ0n) is 6.53. The van der Waals surface area contributed by atoms with Crippen molar-refractivity contribution in [3.05, 3.63) is 32.4 Å². The second kappa shape index (κ2) is 3.61. The number of hydrogen-bond donors (Lipinski definition) is 1. The molecule has 0 saturated heterocycles. The Morgan fingerprint density at radius 1 is 1.69 bits per heavy atom. The first kappa shape index (κ1) is 8.93. The maximum absolute atomic E-state index is 5.95. The molecule has 0 fully saturated rings. The highest BCUT2D eigenvalue weighted by Gasteiger charge is 2.02. The van der Waals surface area contributed by atoms with E-state index in [1.54, 1.807) is 6.33 Å². The Hall–Kier alpha value is -0.650. The maximum Gasteiger partial charge on any atom is 0.195 e. The molecule has 68 valence electrons. The third kappa shape index (κ3) is 1.82. The van der Waals surface area contributed by atoms with Crippen LogP contribution in [-0.2, 0) is 6.54 Å². The Labute approximate surface area is 89.0 Å². The van der Waals surface area contributed by atoms with E-state index in [9.17, 15) is 0 Å². The number of nitrogens with zero attached hydrogens (tertiary/aromatic N) is 2. The standard InChI is InChI=1S/C7H6ClN3S2/c8-6-5(1-2-13-6)3-11-4-9-10-7(11)12/h1-2,4H,3H2,(H,10,12). The molecule has 1 N–H and O–H groups in total. The first-order valence-electron chi connectivity index (χ1n) is 3.59. The third-order valence-corrected chi connectivity index (χ3v) is 3.23. The number of H-pyrrole nitrogens is 1. The number of nitrogens with one attached hydrogen (secondary N) is 1. The van der Waals surface area contributed by atoms with Crippen molar-refractivity contribution in [2.24, 2.45) is 0 Å². The summed E-state index contributed by atoms with van der Waals surface area (Å²) in [7, 11) is 0. The summed E-state index contributed by atoms with van der Waals surface area (Å²) in [5.74, 6) is 0. The van der Waals surface area contributed by atoms with E-state index in [0.717, 1.165) is 9.90 Å². The molecule has 0 atom stereocenters. The van der Waals surface area contributed by atoms with Crippen molar-refractivity contribution in [3.8, 4) is 0 Å². The fourth-order valence-electron chi connectivity index (χ4n) is 0.999. The van der Waals surface area contributed by atoms with E-state index in [2.05, 4.69) is 10.2 Å². The van der Waals surface area contributed by atoms with Gasteiger partial charge in [-0.1, -0.05) is 11.6 Å². The fourth-order valence-corrected chi connectivity index (χ4v) is 2.08. The van der Waals surface area contributed by atoms with Crippen molar-refractivity contribution in [3.63, 3.8) is 0 Å². The van der Waals surface area contributed by atoms with Gasteiger partial charge in [-0.3, -0.25) is 5.10 Å². The molecule has 0 aliphatic heterocycles. The molecule has 0 radical (unpaired) electrons. The van der Waals surface area contributed by atoms with Crippen LogP contribution in [0.4, 0.5) is 0 Å². The average molecular weight is 232 g/mol. The minimum absolute atomic E-state index is 0.613. The molecular formula is C7H6ClN3S2. The summed E-state index contributed by atoms with van der Waals surface area (Å²) < 4.78 is 3.26. The molecule has 0 aliphatic rings. The van der Waals surface area contributed by atoms with Gasteiger partial charge in [0.05, 0.1) is 10.9 Å². The monoisotopic (exact) mass is 231 g/mol. The van der Waals surface area contributed by atoms with Crippen LogP contribution in [0.3, 0.4) is 0 Å². The van der Waals surface area contributed by atoms with E-state index in [1.807, 2.05) is 16.0 Å². The van der Waals surface area contributed by atoms with Crippen molar-refractivity contribution >= 4 is 35.2 Å². The highest BCUT2D eigenvalue weighted by atomic mass is 35.5. The summed E-state index contributed by atoms with van der Waals surface area (Å²) in [6, 6.07) is 1.99. The Kier molecular flexibility index (Phi) is 2.48. The molecular weight excluding hydrogens is 226 g/mol. The van der Waals surface area contributed by atoms with Gasteiger partial charge in [0.1, 0.15) is 6.33 Å². The zero-order valence-corrected chi connectivity index (χ0v) is 8.92. The van der Waals surface area contributed by atoms with Gasteiger partial charge < -0.3 is 4.57 Å². The Balaban J connectivity index is 2.29. The summed E-state index contributed by atoms with van der Waals surface area (Å²) in [6.07, 6.45) is 1.66. The molecule has 13 heavy (non-hydrogen) atoms. The van der Waals surface area contributed by atoms with Crippen LogP contribution in [0.25, 0.3) is 0 Å². The van der Waals surface area contributed by atoms with E-state index >= 15 is 0 Å². The molecule has 2 aromatic heterocycles. The van der Waals surface area contributed by atoms with Crippen molar-refractivity contribution in [2.75, 3.05) is 0 Å². The summed E-state index contributed by atoms with van der Waals surface area (Å²) in [4.78, 5) is 0. The highest BCUT2D eigenvalue weighted by molar-refractivity contribution is 7.71. The lowest BCUT2D eigenvalue weighted by Gasteiger charge is -1.98. The van der Waals surface area contributed by atoms with Crippen LogP contribution in [0.15, 0.2) is 17.8 Å². The summed E-state index contributed by atoms with van der Waals surface area (Å²) in [6.45, 7) is 0.678. The molecule has 0 aromatic carbocycles. The van der Waals surface area contributed by atoms with Gasteiger partial charge in [-0.2, -0.15) is 5.10 Å². The van der Waals surface area contributed by atoms with Gasteiger partial charge >= 0.3 is 0 Å². The Morgan fingerprint density at radius 3 is 3.08 bits per heavy atom.